The fourth-order valence-corrected chi connectivity index (χ4v) is 2.90. The molecule has 0 fully saturated rings. The Balaban J connectivity index is 2.12. The monoisotopic (exact) mass is 264 g/mol. The Labute approximate surface area is 105 Å². The second-order valence-corrected chi connectivity index (χ2v) is 5.45. The zero-order chi connectivity index (χ0) is 11.8. The summed E-state index contributed by atoms with van der Waals surface area (Å²) in [6.45, 7) is 1.76. The molecule has 0 atom stereocenters. The number of fused-ring (bicyclic) bond motifs is 1. The highest BCUT2D eigenvalue weighted by Gasteiger charge is 2.10. The number of aromatic nitrogens is 4. The number of aryl methyl sites for hydroxylation is 1. The molecule has 0 aromatic carbocycles. The maximum absolute atomic E-state index is 4.95. The molecule has 0 saturated carbocycles. The van der Waals surface area contributed by atoms with E-state index in [1.54, 1.807) is 36.2 Å². The van der Waals surface area contributed by atoms with Crippen LogP contribution in [0.2, 0.25) is 0 Å². The van der Waals surface area contributed by atoms with Crippen LogP contribution in [0.5, 0.6) is 0 Å². The SMILES string of the molecule is CSc1nc2ncc(-c3noc(C)n3)cc2s1. The first-order valence-electron chi connectivity index (χ1n) is 4.87. The number of pyridine rings is 1. The first-order valence-corrected chi connectivity index (χ1v) is 6.91. The van der Waals surface area contributed by atoms with Gasteiger partial charge < -0.3 is 4.52 Å². The van der Waals surface area contributed by atoms with Gasteiger partial charge in [-0.3, -0.25) is 0 Å². The molecule has 0 aliphatic rings. The standard InChI is InChI=1S/C10H8N4OS2/c1-5-12-8(14-15-5)6-3-7-9(11-4-6)13-10(16-2)17-7/h3-4H,1-2H3. The Morgan fingerprint density at radius 1 is 1.35 bits per heavy atom. The van der Waals surface area contributed by atoms with Crippen molar-refractivity contribution in [3.8, 4) is 11.4 Å². The van der Waals surface area contributed by atoms with Crippen LogP contribution in [0.3, 0.4) is 0 Å². The van der Waals surface area contributed by atoms with Crippen molar-refractivity contribution in [1.82, 2.24) is 20.1 Å². The summed E-state index contributed by atoms with van der Waals surface area (Å²) in [4.78, 5) is 12.9. The molecule has 0 radical (unpaired) electrons. The third kappa shape index (κ3) is 1.91. The van der Waals surface area contributed by atoms with Crippen molar-refractivity contribution < 1.29 is 4.52 Å². The first kappa shape index (κ1) is 10.7. The van der Waals surface area contributed by atoms with E-state index in [1.165, 1.54) is 0 Å². The number of hydrogen-bond donors (Lipinski definition) is 0. The summed E-state index contributed by atoms with van der Waals surface area (Å²) >= 11 is 3.23. The van der Waals surface area contributed by atoms with E-state index in [1.807, 2.05) is 12.3 Å². The van der Waals surface area contributed by atoms with E-state index < -0.39 is 0 Å². The van der Waals surface area contributed by atoms with Gasteiger partial charge in [0.05, 0.1) is 4.70 Å². The number of hydrogen-bond acceptors (Lipinski definition) is 7. The lowest BCUT2D eigenvalue weighted by molar-refractivity contribution is 0.394. The number of nitrogens with zero attached hydrogens (tertiary/aromatic N) is 4. The summed E-state index contributed by atoms with van der Waals surface area (Å²) in [6.07, 6.45) is 3.72. The molecule has 0 bridgehead atoms. The average Bonchev–Trinajstić information content (AvgIpc) is 2.93. The zero-order valence-electron chi connectivity index (χ0n) is 9.17. The van der Waals surface area contributed by atoms with Gasteiger partial charge in [-0.2, -0.15) is 4.98 Å². The highest BCUT2D eigenvalue weighted by Crippen LogP contribution is 2.29. The van der Waals surface area contributed by atoms with Gasteiger partial charge in [0.25, 0.3) is 0 Å². The lowest BCUT2D eigenvalue weighted by Gasteiger charge is -1.92. The Morgan fingerprint density at radius 3 is 2.94 bits per heavy atom. The topological polar surface area (TPSA) is 64.7 Å². The van der Waals surface area contributed by atoms with E-state index in [9.17, 15) is 0 Å². The minimum Gasteiger partial charge on any atom is -0.339 e. The van der Waals surface area contributed by atoms with E-state index in [4.69, 9.17) is 4.52 Å². The molecule has 7 heteroatoms. The van der Waals surface area contributed by atoms with E-state index in [-0.39, 0.29) is 0 Å². The molecule has 17 heavy (non-hydrogen) atoms. The average molecular weight is 264 g/mol. The fraction of sp³-hybridized carbons (Fsp3) is 0.200. The summed E-state index contributed by atoms with van der Waals surface area (Å²) in [7, 11) is 0. The van der Waals surface area contributed by atoms with E-state index in [2.05, 4.69) is 20.1 Å². The van der Waals surface area contributed by atoms with Crippen LogP contribution < -0.4 is 0 Å². The summed E-state index contributed by atoms with van der Waals surface area (Å²) in [5, 5.41) is 3.87. The van der Waals surface area contributed by atoms with Gasteiger partial charge in [-0.25, -0.2) is 9.97 Å². The summed E-state index contributed by atoms with van der Waals surface area (Å²) in [5.74, 6) is 1.12. The van der Waals surface area contributed by atoms with Crippen LogP contribution >= 0.6 is 23.1 Å². The maximum Gasteiger partial charge on any atom is 0.223 e. The molecule has 3 heterocycles. The van der Waals surface area contributed by atoms with Gasteiger partial charge in [-0.05, 0) is 12.3 Å². The van der Waals surface area contributed by atoms with Crippen molar-refractivity contribution in [3.05, 3.63) is 18.2 Å². The molecule has 0 aliphatic carbocycles. The fourth-order valence-electron chi connectivity index (χ4n) is 1.43. The predicted molar refractivity (Wildman–Crippen MR) is 67.2 cm³/mol. The molecule has 0 spiro atoms. The highest BCUT2D eigenvalue weighted by molar-refractivity contribution is 8.00. The van der Waals surface area contributed by atoms with Gasteiger partial charge in [-0.1, -0.05) is 16.9 Å². The van der Waals surface area contributed by atoms with Crippen molar-refractivity contribution >= 4 is 33.4 Å². The Hall–Kier alpha value is -1.47. The van der Waals surface area contributed by atoms with Crippen LogP contribution in [0.25, 0.3) is 21.7 Å². The lowest BCUT2D eigenvalue weighted by atomic mass is 10.3. The number of thiazole rings is 1. The van der Waals surface area contributed by atoms with E-state index in [0.717, 1.165) is 20.3 Å². The van der Waals surface area contributed by atoms with E-state index >= 15 is 0 Å². The molecular formula is C10H8N4OS2. The Kier molecular flexibility index (Phi) is 2.56. The van der Waals surface area contributed by atoms with Crippen molar-refractivity contribution in [3.63, 3.8) is 0 Å². The largest absolute Gasteiger partial charge is 0.339 e. The van der Waals surface area contributed by atoms with Crippen LogP contribution in [-0.2, 0) is 0 Å². The first-order chi connectivity index (χ1) is 8.26. The molecule has 5 nitrogen and oxygen atoms in total. The maximum atomic E-state index is 4.95. The van der Waals surface area contributed by atoms with Crippen molar-refractivity contribution in [2.45, 2.75) is 11.3 Å². The molecular weight excluding hydrogens is 256 g/mol. The predicted octanol–water partition coefficient (Wildman–Crippen LogP) is 2.77. The number of rotatable bonds is 2. The van der Waals surface area contributed by atoms with Crippen LogP contribution in [0.1, 0.15) is 5.89 Å². The molecule has 0 saturated heterocycles. The normalized spacial score (nSPS) is 11.2. The Bertz CT molecular complexity index is 676. The lowest BCUT2D eigenvalue weighted by Crippen LogP contribution is -1.83. The van der Waals surface area contributed by atoms with Crippen molar-refractivity contribution in [1.29, 1.82) is 0 Å². The smallest absolute Gasteiger partial charge is 0.223 e. The van der Waals surface area contributed by atoms with Gasteiger partial charge >= 0.3 is 0 Å². The summed E-state index contributed by atoms with van der Waals surface area (Å²) in [5.41, 5.74) is 1.62. The van der Waals surface area contributed by atoms with Crippen LogP contribution in [-0.4, -0.2) is 26.4 Å². The molecule has 3 aromatic rings. The van der Waals surface area contributed by atoms with Gasteiger partial charge in [0.15, 0.2) is 9.99 Å². The third-order valence-corrected chi connectivity index (χ3v) is 4.16. The molecule has 3 rings (SSSR count). The van der Waals surface area contributed by atoms with Crippen molar-refractivity contribution in [2.75, 3.05) is 6.26 Å². The Morgan fingerprint density at radius 2 is 2.24 bits per heavy atom. The minimum absolute atomic E-state index is 0.550. The van der Waals surface area contributed by atoms with Gasteiger partial charge in [0, 0.05) is 18.7 Å². The molecule has 86 valence electrons. The highest BCUT2D eigenvalue weighted by atomic mass is 32.2. The van der Waals surface area contributed by atoms with Gasteiger partial charge in [0.2, 0.25) is 11.7 Å². The molecule has 0 aliphatic heterocycles. The van der Waals surface area contributed by atoms with E-state index in [0.29, 0.717) is 11.7 Å². The quantitative estimate of drug-likeness (QED) is 0.663. The number of thioether (sulfide) groups is 1. The third-order valence-electron chi connectivity index (χ3n) is 2.19. The van der Waals surface area contributed by atoms with Gasteiger partial charge in [0.1, 0.15) is 0 Å². The second kappa shape index (κ2) is 4.08. The summed E-state index contributed by atoms with van der Waals surface area (Å²) in [6, 6.07) is 1.99. The molecule has 0 amide bonds. The molecule has 0 unspecified atom stereocenters. The molecule has 0 N–H and O–H groups in total. The molecule has 3 aromatic heterocycles. The minimum atomic E-state index is 0.550. The van der Waals surface area contributed by atoms with Crippen molar-refractivity contribution in [2.24, 2.45) is 0 Å². The van der Waals surface area contributed by atoms with Gasteiger partial charge in [-0.15, -0.1) is 11.3 Å². The summed E-state index contributed by atoms with van der Waals surface area (Å²) < 4.78 is 7.00. The van der Waals surface area contributed by atoms with Crippen LogP contribution in [0.15, 0.2) is 21.1 Å². The second-order valence-electron chi connectivity index (χ2n) is 3.37. The van der Waals surface area contributed by atoms with Crippen LogP contribution in [0.4, 0.5) is 0 Å². The zero-order valence-corrected chi connectivity index (χ0v) is 10.8. The van der Waals surface area contributed by atoms with Crippen LogP contribution in [0, 0.1) is 6.92 Å².